The van der Waals surface area contributed by atoms with Crippen LogP contribution in [-0.2, 0) is 10.0 Å². The number of aryl methyl sites for hydroxylation is 4. The van der Waals surface area contributed by atoms with E-state index in [9.17, 15) is 21.6 Å². The highest BCUT2D eigenvalue weighted by molar-refractivity contribution is 7.99. The van der Waals surface area contributed by atoms with Crippen molar-refractivity contribution in [3.63, 3.8) is 0 Å². The maximum absolute atomic E-state index is 13.4. The van der Waals surface area contributed by atoms with Gasteiger partial charge in [-0.2, -0.15) is 17.9 Å². The molecule has 10 heteroatoms. The number of hydrogen-bond donors (Lipinski definition) is 1. The number of nitrogens with zero attached hydrogens (tertiary/aromatic N) is 2. The minimum absolute atomic E-state index is 0.126. The summed E-state index contributed by atoms with van der Waals surface area (Å²) in [5, 5.41) is 0.158. The van der Waals surface area contributed by atoms with Gasteiger partial charge in [0.2, 0.25) is 10.0 Å². The first-order chi connectivity index (χ1) is 12.4. The van der Waals surface area contributed by atoms with Crippen molar-refractivity contribution in [1.82, 2.24) is 14.7 Å². The van der Waals surface area contributed by atoms with Crippen molar-refractivity contribution in [3.05, 3.63) is 46.8 Å². The second kappa shape index (κ2) is 8.15. The summed E-state index contributed by atoms with van der Waals surface area (Å²) in [6.07, 6.45) is -3.31. The Bertz CT molecular complexity index is 908. The first kappa shape index (κ1) is 21.6. The lowest BCUT2D eigenvalue weighted by Gasteiger charge is -2.22. The number of sulfonamides is 1. The number of benzene rings is 1. The van der Waals surface area contributed by atoms with Gasteiger partial charge in [-0.25, -0.2) is 18.4 Å². The van der Waals surface area contributed by atoms with Crippen molar-refractivity contribution in [2.45, 2.75) is 50.0 Å². The van der Waals surface area contributed by atoms with Gasteiger partial charge in [0, 0.05) is 17.6 Å². The van der Waals surface area contributed by atoms with E-state index < -0.39 is 28.0 Å². The van der Waals surface area contributed by atoms with Crippen LogP contribution < -0.4 is 4.72 Å². The quantitative estimate of drug-likeness (QED) is 0.571. The smallest absolute Gasteiger partial charge is 0.231 e. The van der Waals surface area contributed by atoms with Gasteiger partial charge in [0.1, 0.15) is 6.04 Å². The van der Waals surface area contributed by atoms with Crippen LogP contribution >= 0.6 is 11.8 Å². The van der Waals surface area contributed by atoms with Crippen LogP contribution in [0, 0.1) is 27.7 Å². The summed E-state index contributed by atoms with van der Waals surface area (Å²) in [6, 6.07) is 2.60. The van der Waals surface area contributed by atoms with Crippen LogP contribution in [0.1, 0.15) is 22.4 Å². The SMILES string of the molecule is Cc1cc(C)c(S(=O)(=O)NC(CSc2nccc(C)n2)C(F)(F)F)c(C)c1. The zero-order valence-electron chi connectivity index (χ0n) is 15.3. The van der Waals surface area contributed by atoms with E-state index in [1.807, 2.05) is 0 Å². The first-order valence-electron chi connectivity index (χ1n) is 7.99. The average Bonchev–Trinajstić information content (AvgIpc) is 2.49. The van der Waals surface area contributed by atoms with E-state index in [-0.39, 0.29) is 10.1 Å². The predicted octanol–water partition coefficient (Wildman–Crippen LogP) is 3.71. The number of thioether (sulfide) groups is 1. The van der Waals surface area contributed by atoms with Crippen LogP contribution in [-0.4, -0.2) is 36.4 Å². The molecule has 27 heavy (non-hydrogen) atoms. The molecule has 0 aliphatic rings. The molecule has 0 radical (unpaired) electrons. The number of nitrogens with one attached hydrogen (secondary N) is 1. The van der Waals surface area contributed by atoms with Gasteiger partial charge >= 0.3 is 6.18 Å². The fraction of sp³-hybridized carbons (Fsp3) is 0.412. The van der Waals surface area contributed by atoms with Gasteiger partial charge in [0.15, 0.2) is 5.16 Å². The monoisotopic (exact) mass is 419 g/mol. The highest BCUT2D eigenvalue weighted by atomic mass is 32.2. The molecular formula is C17H20F3N3O2S2. The molecule has 0 amide bonds. The molecule has 0 fully saturated rings. The number of aromatic nitrogens is 2. The first-order valence-corrected chi connectivity index (χ1v) is 10.5. The standard InChI is InChI=1S/C17H20F3N3O2S2/c1-10-7-11(2)15(12(3)8-10)27(24,25)23-14(17(18,19)20)9-26-16-21-6-5-13(4)22-16/h5-8,14,23H,9H2,1-4H3. The molecule has 148 valence electrons. The van der Waals surface area contributed by atoms with E-state index in [4.69, 9.17) is 0 Å². The third kappa shape index (κ3) is 5.66. The molecule has 0 aliphatic carbocycles. The van der Waals surface area contributed by atoms with E-state index in [1.165, 1.54) is 6.20 Å². The van der Waals surface area contributed by atoms with E-state index >= 15 is 0 Å². The van der Waals surface area contributed by atoms with Crippen molar-refractivity contribution in [2.75, 3.05) is 5.75 Å². The Labute approximate surface area is 160 Å². The molecular weight excluding hydrogens is 399 g/mol. The largest absolute Gasteiger partial charge is 0.405 e. The predicted molar refractivity (Wildman–Crippen MR) is 98.3 cm³/mol. The van der Waals surface area contributed by atoms with Crippen molar-refractivity contribution >= 4 is 21.8 Å². The highest BCUT2D eigenvalue weighted by Crippen LogP contribution is 2.28. The molecule has 1 unspecified atom stereocenters. The van der Waals surface area contributed by atoms with E-state index in [1.54, 1.807) is 50.6 Å². The molecule has 2 aromatic rings. The molecule has 0 spiro atoms. The molecule has 1 aromatic heterocycles. The summed E-state index contributed by atoms with van der Waals surface area (Å²) < 4.78 is 67.4. The average molecular weight is 419 g/mol. The van der Waals surface area contributed by atoms with Crippen molar-refractivity contribution in [2.24, 2.45) is 0 Å². The van der Waals surface area contributed by atoms with Crippen molar-refractivity contribution in [1.29, 1.82) is 0 Å². The Hall–Kier alpha value is -1.65. The summed E-state index contributed by atoms with van der Waals surface area (Å²) in [4.78, 5) is 7.79. The molecule has 0 saturated heterocycles. The Morgan fingerprint density at radius 2 is 1.74 bits per heavy atom. The normalized spacial score (nSPS) is 13.6. The summed E-state index contributed by atoms with van der Waals surface area (Å²) in [6.45, 7) is 6.61. The van der Waals surface area contributed by atoms with Crippen LogP contribution in [0.25, 0.3) is 0 Å². The summed E-state index contributed by atoms with van der Waals surface area (Å²) in [5.74, 6) is -0.573. The lowest BCUT2D eigenvalue weighted by Crippen LogP contribution is -2.47. The van der Waals surface area contributed by atoms with Gasteiger partial charge in [0.05, 0.1) is 4.90 Å². The summed E-state index contributed by atoms with van der Waals surface area (Å²) in [5.41, 5.74) is 2.25. The number of halogens is 3. The Morgan fingerprint density at radius 1 is 1.15 bits per heavy atom. The van der Waals surface area contributed by atoms with Gasteiger partial charge < -0.3 is 0 Å². The Morgan fingerprint density at radius 3 is 2.26 bits per heavy atom. The molecule has 0 aliphatic heterocycles. The van der Waals surface area contributed by atoms with Crippen molar-refractivity contribution < 1.29 is 21.6 Å². The van der Waals surface area contributed by atoms with Gasteiger partial charge in [-0.05, 0) is 44.9 Å². The third-order valence-electron chi connectivity index (χ3n) is 3.72. The fourth-order valence-corrected chi connectivity index (χ4v) is 5.40. The number of rotatable bonds is 6. The zero-order chi connectivity index (χ0) is 20.4. The van der Waals surface area contributed by atoms with Crippen LogP contribution in [0.5, 0.6) is 0 Å². The molecule has 0 saturated carbocycles. The molecule has 5 nitrogen and oxygen atoms in total. The second-order valence-electron chi connectivity index (χ2n) is 6.23. The van der Waals surface area contributed by atoms with E-state index in [0.29, 0.717) is 16.8 Å². The number of alkyl halides is 3. The molecule has 2 rings (SSSR count). The second-order valence-corrected chi connectivity index (χ2v) is 8.87. The third-order valence-corrected chi connectivity index (χ3v) is 6.45. The van der Waals surface area contributed by atoms with Gasteiger partial charge in [-0.1, -0.05) is 29.5 Å². The lowest BCUT2D eigenvalue weighted by atomic mass is 10.1. The molecule has 1 heterocycles. The van der Waals surface area contributed by atoms with Crippen LogP contribution in [0.2, 0.25) is 0 Å². The Kier molecular flexibility index (Phi) is 6.54. The molecule has 1 aromatic carbocycles. The van der Waals surface area contributed by atoms with Crippen LogP contribution in [0.3, 0.4) is 0 Å². The minimum atomic E-state index is -4.75. The maximum Gasteiger partial charge on any atom is 0.405 e. The lowest BCUT2D eigenvalue weighted by molar-refractivity contribution is -0.145. The topological polar surface area (TPSA) is 72.0 Å². The molecule has 1 atom stereocenters. The fourth-order valence-electron chi connectivity index (χ4n) is 2.69. The summed E-state index contributed by atoms with van der Waals surface area (Å²) in [7, 11) is -4.36. The van der Waals surface area contributed by atoms with Gasteiger partial charge in [-0.15, -0.1) is 0 Å². The molecule has 1 N–H and O–H groups in total. The zero-order valence-corrected chi connectivity index (χ0v) is 16.9. The maximum atomic E-state index is 13.4. The van der Waals surface area contributed by atoms with E-state index in [0.717, 1.165) is 17.3 Å². The minimum Gasteiger partial charge on any atom is -0.231 e. The van der Waals surface area contributed by atoms with Gasteiger partial charge in [0.25, 0.3) is 0 Å². The highest BCUT2D eigenvalue weighted by Gasteiger charge is 2.43. The van der Waals surface area contributed by atoms with Crippen molar-refractivity contribution in [3.8, 4) is 0 Å². The van der Waals surface area contributed by atoms with Crippen LogP contribution in [0.15, 0.2) is 34.4 Å². The van der Waals surface area contributed by atoms with E-state index in [2.05, 4.69) is 9.97 Å². The Balaban J connectivity index is 2.28. The van der Waals surface area contributed by atoms with Crippen LogP contribution in [0.4, 0.5) is 13.2 Å². The molecule has 0 bridgehead atoms. The summed E-state index contributed by atoms with van der Waals surface area (Å²) >= 11 is 0.747. The van der Waals surface area contributed by atoms with Gasteiger partial charge in [-0.3, -0.25) is 0 Å². The number of hydrogen-bond acceptors (Lipinski definition) is 5.